The molecule has 0 aromatic rings. The molecule has 19 heavy (non-hydrogen) atoms. The molecular formula is C12H20O7. The van der Waals surface area contributed by atoms with E-state index in [0.29, 0.717) is 12.0 Å². The maximum Gasteiger partial charge on any atom is 0.333 e. The second-order valence-corrected chi connectivity index (χ2v) is 3.12. The van der Waals surface area contributed by atoms with Crippen molar-refractivity contribution in [1.29, 1.82) is 0 Å². The maximum absolute atomic E-state index is 11.2. The molecule has 0 spiro atoms. The molecule has 0 bridgehead atoms. The average molecular weight is 276 g/mol. The topological polar surface area (TPSA) is 124 Å². The minimum Gasteiger partial charge on any atom is -0.478 e. The van der Waals surface area contributed by atoms with Gasteiger partial charge in [0.25, 0.3) is 0 Å². The van der Waals surface area contributed by atoms with Gasteiger partial charge in [-0.1, -0.05) is 12.7 Å². The van der Waals surface area contributed by atoms with Crippen molar-refractivity contribution in [2.75, 3.05) is 26.4 Å². The Kier molecular flexibility index (Phi) is 14.8. The van der Waals surface area contributed by atoms with Crippen molar-refractivity contribution in [3.8, 4) is 0 Å². The summed E-state index contributed by atoms with van der Waals surface area (Å²) >= 11 is 0. The highest BCUT2D eigenvalue weighted by molar-refractivity contribution is 5.88. The van der Waals surface area contributed by atoms with Gasteiger partial charge in [0.2, 0.25) is 0 Å². The molecule has 0 aliphatic rings. The summed E-state index contributed by atoms with van der Waals surface area (Å²) in [7, 11) is 0. The van der Waals surface area contributed by atoms with Crippen LogP contribution in [0.1, 0.15) is 12.8 Å². The van der Waals surface area contributed by atoms with Crippen LogP contribution < -0.4 is 0 Å². The number of aliphatic carboxylic acids is 1. The van der Waals surface area contributed by atoms with Crippen LogP contribution in [0, 0.1) is 0 Å². The number of carboxylic acids is 1. The Morgan fingerprint density at radius 2 is 1.68 bits per heavy atom. The van der Waals surface area contributed by atoms with Crippen molar-refractivity contribution in [3.63, 3.8) is 0 Å². The molecule has 0 aliphatic carbocycles. The van der Waals surface area contributed by atoms with Gasteiger partial charge in [-0.25, -0.2) is 9.59 Å². The van der Waals surface area contributed by atoms with Crippen molar-refractivity contribution in [1.82, 2.24) is 0 Å². The zero-order chi connectivity index (χ0) is 15.1. The van der Waals surface area contributed by atoms with Crippen molar-refractivity contribution >= 4 is 11.9 Å². The largest absolute Gasteiger partial charge is 0.478 e. The summed E-state index contributed by atoms with van der Waals surface area (Å²) in [5, 5.41) is 33.2. The third-order valence-electron chi connectivity index (χ3n) is 1.66. The molecule has 0 saturated heterocycles. The van der Waals surface area contributed by atoms with Crippen LogP contribution >= 0.6 is 0 Å². The monoisotopic (exact) mass is 276 g/mol. The van der Waals surface area contributed by atoms with Gasteiger partial charge in [0.05, 0.1) is 6.61 Å². The van der Waals surface area contributed by atoms with E-state index in [4.69, 9.17) is 20.4 Å². The highest BCUT2D eigenvalue weighted by atomic mass is 16.5. The fraction of sp³-hybridized carbons (Fsp3) is 0.500. The van der Waals surface area contributed by atoms with Gasteiger partial charge in [0, 0.05) is 31.3 Å². The fourth-order valence-electron chi connectivity index (χ4n) is 0.878. The molecule has 0 atom stereocenters. The fourth-order valence-corrected chi connectivity index (χ4v) is 0.878. The van der Waals surface area contributed by atoms with Gasteiger partial charge in [-0.15, -0.1) is 0 Å². The second-order valence-electron chi connectivity index (χ2n) is 3.12. The summed E-state index contributed by atoms with van der Waals surface area (Å²) in [6, 6.07) is 0. The van der Waals surface area contributed by atoms with E-state index in [-0.39, 0.29) is 32.8 Å². The Hall–Kier alpha value is -1.70. The number of esters is 1. The molecule has 0 aliphatic heterocycles. The summed E-state index contributed by atoms with van der Waals surface area (Å²) in [6.07, 6.45) is 2.91. The average Bonchev–Trinajstić information content (AvgIpc) is 2.41. The van der Waals surface area contributed by atoms with E-state index in [9.17, 15) is 9.59 Å². The van der Waals surface area contributed by atoms with Gasteiger partial charge in [-0.2, -0.15) is 0 Å². The zero-order valence-corrected chi connectivity index (χ0v) is 10.6. The van der Waals surface area contributed by atoms with Crippen LogP contribution in [0.15, 0.2) is 24.3 Å². The minimum atomic E-state index is -0.981. The Morgan fingerprint density at radius 1 is 1.11 bits per heavy atom. The molecule has 0 rings (SSSR count). The SMILES string of the molecule is C=CC(=O)O.O=C(OCCO)C(=CCCO)CCO. The zero-order valence-electron chi connectivity index (χ0n) is 10.6. The van der Waals surface area contributed by atoms with Crippen molar-refractivity contribution in [2.24, 2.45) is 0 Å². The highest BCUT2D eigenvalue weighted by Crippen LogP contribution is 2.05. The molecule has 7 nitrogen and oxygen atoms in total. The van der Waals surface area contributed by atoms with Gasteiger partial charge in [-0.05, 0) is 6.42 Å². The minimum absolute atomic E-state index is 0.0534. The Labute approximate surface area is 111 Å². The second kappa shape index (κ2) is 14.4. The summed E-state index contributed by atoms with van der Waals surface area (Å²) < 4.78 is 4.65. The summed E-state index contributed by atoms with van der Waals surface area (Å²) in [5.41, 5.74) is 0.329. The summed E-state index contributed by atoms with van der Waals surface area (Å²) in [5.74, 6) is -1.54. The summed E-state index contributed by atoms with van der Waals surface area (Å²) in [6.45, 7) is 2.48. The molecule has 4 N–H and O–H groups in total. The Morgan fingerprint density at radius 3 is 2.05 bits per heavy atom. The van der Waals surface area contributed by atoms with Crippen molar-refractivity contribution < 1.29 is 34.8 Å². The lowest BCUT2D eigenvalue weighted by molar-refractivity contribution is -0.140. The molecular weight excluding hydrogens is 256 g/mol. The quantitative estimate of drug-likeness (QED) is 0.347. The first-order valence-corrected chi connectivity index (χ1v) is 5.57. The van der Waals surface area contributed by atoms with Gasteiger partial charge < -0.3 is 25.2 Å². The predicted molar refractivity (Wildman–Crippen MR) is 67.4 cm³/mol. The number of ether oxygens (including phenoxy) is 1. The number of aliphatic hydroxyl groups excluding tert-OH is 3. The number of hydrogen-bond acceptors (Lipinski definition) is 6. The molecule has 0 radical (unpaired) electrons. The van der Waals surface area contributed by atoms with Gasteiger partial charge in [-0.3, -0.25) is 0 Å². The number of aliphatic hydroxyl groups is 3. The maximum atomic E-state index is 11.2. The number of hydrogen-bond donors (Lipinski definition) is 4. The van der Waals surface area contributed by atoms with E-state index in [1.54, 1.807) is 0 Å². The van der Waals surface area contributed by atoms with E-state index < -0.39 is 11.9 Å². The van der Waals surface area contributed by atoms with Crippen LogP contribution in [-0.4, -0.2) is 58.8 Å². The van der Waals surface area contributed by atoms with Gasteiger partial charge >= 0.3 is 11.9 Å². The third kappa shape index (κ3) is 14.2. The first-order valence-electron chi connectivity index (χ1n) is 5.57. The van der Waals surface area contributed by atoms with E-state index in [1.807, 2.05) is 0 Å². The smallest absolute Gasteiger partial charge is 0.333 e. The summed E-state index contributed by atoms with van der Waals surface area (Å²) in [4.78, 5) is 20.5. The number of carboxylic acid groups (broad SMARTS) is 1. The standard InChI is InChI=1S/C9H16O5.C3H4O2/c10-4-1-2-8(3-5-11)9(13)14-7-6-12;1-2-3(4)5/h2,10-12H,1,3-7H2;2H,1H2,(H,4,5). The number of rotatable bonds is 8. The Balaban J connectivity index is 0. The van der Waals surface area contributed by atoms with E-state index in [2.05, 4.69) is 11.3 Å². The molecule has 0 aromatic carbocycles. The molecule has 0 aromatic heterocycles. The van der Waals surface area contributed by atoms with Crippen LogP contribution in [0.4, 0.5) is 0 Å². The van der Waals surface area contributed by atoms with Crippen LogP contribution in [-0.2, 0) is 14.3 Å². The molecule has 0 amide bonds. The van der Waals surface area contributed by atoms with Gasteiger partial charge in [0.1, 0.15) is 6.61 Å². The lowest BCUT2D eigenvalue weighted by Crippen LogP contribution is -2.12. The van der Waals surface area contributed by atoms with Crippen molar-refractivity contribution in [3.05, 3.63) is 24.3 Å². The van der Waals surface area contributed by atoms with Crippen LogP contribution in [0.5, 0.6) is 0 Å². The van der Waals surface area contributed by atoms with E-state index in [1.165, 1.54) is 6.08 Å². The molecule has 0 heterocycles. The lowest BCUT2D eigenvalue weighted by atomic mass is 10.1. The predicted octanol–water partition coefficient (Wildman–Crippen LogP) is -0.530. The Bertz CT molecular complexity index is 296. The number of carbonyl (C=O) groups is 2. The third-order valence-corrected chi connectivity index (χ3v) is 1.66. The van der Waals surface area contributed by atoms with E-state index in [0.717, 1.165) is 6.08 Å². The lowest BCUT2D eigenvalue weighted by Gasteiger charge is -2.05. The van der Waals surface area contributed by atoms with Crippen LogP contribution in [0.3, 0.4) is 0 Å². The highest BCUT2D eigenvalue weighted by Gasteiger charge is 2.09. The first-order chi connectivity index (χ1) is 9.03. The van der Waals surface area contributed by atoms with Crippen LogP contribution in [0.2, 0.25) is 0 Å². The van der Waals surface area contributed by atoms with E-state index >= 15 is 0 Å². The molecule has 7 heteroatoms. The molecule has 0 fully saturated rings. The van der Waals surface area contributed by atoms with Gasteiger partial charge in [0.15, 0.2) is 0 Å². The van der Waals surface area contributed by atoms with Crippen molar-refractivity contribution in [2.45, 2.75) is 12.8 Å². The number of carbonyl (C=O) groups excluding carboxylic acids is 1. The normalized spacial score (nSPS) is 10.2. The molecule has 0 unspecified atom stereocenters. The first kappa shape index (κ1) is 19.6. The molecule has 0 saturated carbocycles. The molecule has 110 valence electrons. The van der Waals surface area contributed by atoms with Crippen LogP contribution in [0.25, 0.3) is 0 Å².